The summed E-state index contributed by atoms with van der Waals surface area (Å²) in [6, 6.07) is 0.230. The first-order chi connectivity index (χ1) is 11.0. The summed E-state index contributed by atoms with van der Waals surface area (Å²) in [5.41, 5.74) is 0. The van der Waals surface area contributed by atoms with E-state index in [1.54, 1.807) is 14.2 Å². The number of carbonyl (C=O) groups is 1. The third-order valence-electron chi connectivity index (χ3n) is 3.56. The highest BCUT2D eigenvalue weighted by atomic mass is 127. The topological polar surface area (TPSA) is 78.0 Å². The molecule has 1 unspecified atom stereocenters. The normalized spacial score (nSPS) is 12.5. The van der Waals surface area contributed by atoms with E-state index in [0.29, 0.717) is 13.0 Å². The van der Waals surface area contributed by atoms with E-state index in [9.17, 15) is 4.79 Å². The van der Waals surface area contributed by atoms with E-state index < -0.39 is 0 Å². The number of hydrogen-bond acceptors (Lipinski definition) is 4. The molecule has 0 aliphatic carbocycles. The third-order valence-corrected chi connectivity index (χ3v) is 3.56. The van der Waals surface area contributed by atoms with Crippen LogP contribution in [0.5, 0.6) is 0 Å². The maximum atomic E-state index is 11.7. The molecule has 0 radical (unpaired) electrons. The first kappa shape index (κ1) is 25.6. The Hall–Kier alpha value is -0.610. The Morgan fingerprint density at radius 2 is 1.92 bits per heavy atom. The zero-order valence-corrected chi connectivity index (χ0v) is 18.2. The highest BCUT2D eigenvalue weighted by Gasteiger charge is 2.06. The number of halogens is 1. The monoisotopic (exact) mass is 457 g/mol. The summed E-state index contributed by atoms with van der Waals surface area (Å²) < 4.78 is 5.04. The quantitative estimate of drug-likeness (QED) is 0.177. The Balaban J connectivity index is 0. The molecule has 24 heavy (non-hydrogen) atoms. The van der Waals surface area contributed by atoms with E-state index in [2.05, 4.69) is 39.8 Å². The summed E-state index contributed by atoms with van der Waals surface area (Å²) in [5.74, 6) is 0.798. The number of hydrogen-bond donors (Lipinski definition) is 3. The third kappa shape index (κ3) is 14.9. The fourth-order valence-electron chi connectivity index (χ4n) is 1.92. The van der Waals surface area contributed by atoms with Gasteiger partial charge in [-0.2, -0.15) is 0 Å². The summed E-state index contributed by atoms with van der Waals surface area (Å²) >= 11 is 0. The number of carbonyl (C=O) groups excluding carboxylic acids is 1. The van der Waals surface area contributed by atoms with Crippen LogP contribution >= 0.6 is 24.0 Å². The Labute approximate surface area is 164 Å². The van der Waals surface area contributed by atoms with E-state index >= 15 is 0 Å². The molecule has 0 saturated heterocycles. The van der Waals surface area contributed by atoms with Crippen LogP contribution in [0.15, 0.2) is 4.99 Å². The molecular formula is C16H36IN5O2. The minimum atomic E-state index is 0. The Bertz CT molecular complexity index is 342. The minimum Gasteiger partial charge on any atom is -0.385 e. The summed E-state index contributed by atoms with van der Waals surface area (Å²) in [6.45, 7) is 8.18. The molecule has 0 bridgehead atoms. The molecule has 0 aliphatic rings. The van der Waals surface area contributed by atoms with Gasteiger partial charge in [0.1, 0.15) is 0 Å². The van der Waals surface area contributed by atoms with E-state index in [0.717, 1.165) is 45.0 Å². The number of rotatable bonds is 12. The lowest BCUT2D eigenvalue weighted by Gasteiger charge is -2.18. The molecule has 7 nitrogen and oxygen atoms in total. The van der Waals surface area contributed by atoms with Crippen LogP contribution in [-0.2, 0) is 9.53 Å². The van der Waals surface area contributed by atoms with Gasteiger partial charge >= 0.3 is 0 Å². The van der Waals surface area contributed by atoms with Crippen molar-refractivity contribution >= 4 is 35.8 Å². The summed E-state index contributed by atoms with van der Waals surface area (Å²) in [6.07, 6.45) is 2.42. The minimum absolute atomic E-state index is 0. The van der Waals surface area contributed by atoms with Gasteiger partial charge in [0.25, 0.3) is 0 Å². The van der Waals surface area contributed by atoms with Crippen molar-refractivity contribution < 1.29 is 9.53 Å². The van der Waals surface area contributed by atoms with Gasteiger partial charge in [-0.1, -0.05) is 6.92 Å². The largest absolute Gasteiger partial charge is 0.385 e. The fourth-order valence-corrected chi connectivity index (χ4v) is 1.92. The van der Waals surface area contributed by atoms with E-state index in [1.165, 1.54) is 0 Å². The van der Waals surface area contributed by atoms with Gasteiger partial charge in [-0.3, -0.25) is 9.79 Å². The number of nitrogens with one attached hydrogen (secondary N) is 3. The Morgan fingerprint density at radius 3 is 2.50 bits per heavy atom. The predicted molar refractivity (Wildman–Crippen MR) is 111 cm³/mol. The lowest BCUT2D eigenvalue weighted by molar-refractivity contribution is -0.121. The lowest BCUT2D eigenvalue weighted by Crippen LogP contribution is -2.42. The van der Waals surface area contributed by atoms with Crippen LogP contribution < -0.4 is 16.0 Å². The molecule has 0 aromatic heterocycles. The molecule has 0 heterocycles. The van der Waals surface area contributed by atoms with Gasteiger partial charge in [0.2, 0.25) is 5.91 Å². The van der Waals surface area contributed by atoms with Gasteiger partial charge in [-0.15, -0.1) is 24.0 Å². The maximum absolute atomic E-state index is 11.7. The molecule has 3 N–H and O–H groups in total. The van der Waals surface area contributed by atoms with Gasteiger partial charge < -0.3 is 25.6 Å². The van der Waals surface area contributed by atoms with E-state index in [1.807, 2.05) is 6.92 Å². The molecule has 1 atom stereocenters. The van der Waals surface area contributed by atoms with Crippen molar-refractivity contribution in [3.63, 3.8) is 0 Å². The van der Waals surface area contributed by atoms with Crippen LogP contribution in [0.3, 0.4) is 0 Å². The van der Waals surface area contributed by atoms with Gasteiger partial charge in [-0.25, -0.2) is 0 Å². The maximum Gasteiger partial charge on any atom is 0.221 e. The van der Waals surface area contributed by atoms with Crippen molar-refractivity contribution in [2.45, 2.75) is 39.2 Å². The van der Waals surface area contributed by atoms with Crippen molar-refractivity contribution in [3.05, 3.63) is 0 Å². The standard InChI is InChI=1S/C16H35N5O2.HI/c1-6-14(2)20-15(22)8-9-18-16(17-3)19-10-12-21(4)11-7-13-23-5;/h14H,6-13H2,1-5H3,(H,20,22)(H2,17,18,19);1H. The van der Waals surface area contributed by atoms with Gasteiger partial charge in [0.05, 0.1) is 0 Å². The van der Waals surface area contributed by atoms with Crippen LogP contribution in [0, 0.1) is 0 Å². The number of amides is 1. The molecule has 0 fully saturated rings. The molecule has 1 amide bonds. The molecular weight excluding hydrogens is 421 g/mol. The highest BCUT2D eigenvalue weighted by molar-refractivity contribution is 14.0. The van der Waals surface area contributed by atoms with Crippen LogP contribution in [0.4, 0.5) is 0 Å². The van der Waals surface area contributed by atoms with Gasteiger partial charge in [0.15, 0.2) is 5.96 Å². The summed E-state index contributed by atoms with van der Waals surface area (Å²) in [7, 11) is 5.55. The second-order valence-electron chi connectivity index (χ2n) is 5.70. The number of methoxy groups -OCH3 is 1. The van der Waals surface area contributed by atoms with Crippen molar-refractivity contribution in [1.29, 1.82) is 0 Å². The first-order valence-electron chi connectivity index (χ1n) is 8.44. The molecule has 0 saturated carbocycles. The Kier molecular flexibility index (Phi) is 18.4. The van der Waals surface area contributed by atoms with E-state index in [4.69, 9.17) is 4.74 Å². The number of likely N-dealkylation sites (N-methyl/N-ethyl adjacent to an activating group) is 1. The predicted octanol–water partition coefficient (Wildman–Crippen LogP) is 1.04. The van der Waals surface area contributed by atoms with Gasteiger partial charge in [0, 0.05) is 59.4 Å². The number of nitrogens with zero attached hydrogens (tertiary/aromatic N) is 2. The average molecular weight is 457 g/mol. The summed E-state index contributed by atoms with van der Waals surface area (Å²) in [5, 5.41) is 9.36. The first-order valence-corrected chi connectivity index (χ1v) is 8.44. The second kappa shape index (κ2) is 17.2. The molecule has 0 aromatic carbocycles. The zero-order valence-electron chi connectivity index (χ0n) is 15.9. The SMILES string of the molecule is CCC(C)NC(=O)CCNC(=NC)NCCN(C)CCCOC.I. The number of aliphatic imine (C=N–C) groups is 1. The highest BCUT2D eigenvalue weighted by Crippen LogP contribution is 1.89. The number of ether oxygens (including phenoxy) is 1. The molecule has 0 aromatic rings. The second-order valence-corrected chi connectivity index (χ2v) is 5.70. The van der Waals surface area contributed by atoms with Crippen LogP contribution in [0.25, 0.3) is 0 Å². The average Bonchev–Trinajstić information content (AvgIpc) is 2.53. The smallest absolute Gasteiger partial charge is 0.221 e. The van der Waals surface area contributed by atoms with Crippen LogP contribution in [-0.4, -0.2) is 76.8 Å². The molecule has 0 rings (SSSR count). The number of guanidine groups is 1. The molecule has 0 aliphatic heterocycles. The summed E-state index contributed by atoms with van der Waals surface area (Å²) in [4.78, 5) is 18.1. The zero-order chi connectivity index (χ0) is 17.5. The van der Waals surface area contributed by atoms with Crippen LogP contribution in [0.1, 0.15) is 33.1 Å². The molecule has 144 valence electrons. The Morgan fingerprint density at radius 1 is 1.25 bits per heavy atom. The van der Waals surface area contributed by atoms with Crippen molar-refractivity contribution in [2.24, 2.45) is 4.99 Å². The lowest BCUT2D eigenvalue weighted by atomic mass is 10.2. The molecule has 0 spiro atoms. The van der Waals surface area contributed by atoms with Crippen molar-refractivity contribution in [1.82, 2.24) is 20.9 Å². The molecule has 8 heteroatoms. The van der Waals surface area contributed by atoms with Crippen molar-refractivity contribution in [3.8, 4) is 0 Å². The van der Waals surface area contributed by atoms with E-state index in [-0.39, 0.29) is 35.9 Å². The van der Waals surface area contributed by atoms with Gasteiger partial charge in [-0.05, 0) is 26.8 Å². The fraction of sp³-hybridized carbons (Fsp3) is 0.875. The van der Waals surface area contributed by atoms with Crippen molar-refractivity contribution in [2.75, 3.05) is 54.0 Å². The van der Waals surface area contributed by atoms with Crippen LogP contribution in [0.2, 0.25) is 0 Å².